The Kier molecular flexibility index (Phi) is 6.26. The Morgan fingerprint density at radius 2 is 1.89 bits per heavy atom. The van der Waals surface area contributed by atoms with Crippen molar-refractivity contribution in [1.29, 1.82) is 0 Å². The predicted octanol–water partition coefficient (Wildman–Crippen LogP) is 5.52. The van der Waals surface area contributed by atoms with E-state index >= 15 is 0 Å². The molecule has 1 aromatic rings. The first-order valence-corrected chi connectivity index (χ1v) is 8.14. The lowest BCUT2D eigenvalue weighted by Gasteiger charge is -2.23. The molecule has 106 valence electrons. The average Bonchev–Trinajstić information content (AvgIpc) is 2.45. The van der Waals surface area contributed by atoms with E-state index in [1.54, 1.807) is 0 Å². The minimum atomic E-state index is 0.462. The monoisotopic (exact) mass is 260 g/mol. The average molecular weight is 260 g/mol. The van der Waals surface area contributed by atoms with E-state index in [0.29, 0.717) is 6.10 Å². The molecular weight excluding hydrogens is 232 g/mol. The molecule has 0 amide bonds. The van der Waals surface area contributed by atoms with Crippen LogP contribution in [-0.4, -0.2) is 6.10 Å². The van der Waals surface area contributed by atoms with Crippen LogP contribution in [0, 0.1) is 0 Å². The Morgan fingerprint density at radius 1 is 1.05 bits per heavy atom. The highest BCUT2D eigenvalue weighted by molar-refractivity contribution is 5.28. The highest BCUT2D eigenvalue weighted by atomic mass is 16.5. The Balaban J connectivity index is 1.80. The van der Waals surface area contributed by atoms with Crippen molar-refractivity contribution in [2.75, 3.05) is 0 Å². The van der Waals surface area contributed by atoms with Gasteiger partial charge in [-0.05, 0) is 56.2 Å². The molecule has 1 saturated carbocycles. The molecule has 19 heavy (non-hydrogen) atoms. The second kappa shape index (κ2) is 8.24. The summed E-state index contributed by atoms with van der Waals surface area (Å²) in [6.07, 6.45) is 13.5. The van der Waals surface area contributed by atoms with Crippen molar-refractivity contribution in [2.24, 2.45) is 0 Å². The summed E-state index contributed by atoms with van der Waals surface area (Å²) in [4.78, 5) is 0. The van der Waals surface area contributed by atoms with Gasteiger partial charge in [0.1, 0.15) is 5.75 Å². The van der Waals surface area contributed by atoms with Gasteiger partial charge < -0.3 is 4.74 Å². The number of hydrogen-bond acceptors (Lipinski definition) is 1. The molecule has 1 heteroatoms. The minimum Gasteiger partial charge on any atom is -0.490 e. The molecule has 0 aromatic heterocycles. The SMILES string of the molecule is CCCCCCc1cccc(OC2CCCCC2)c1. The Labute approximate surface area is 118 Å². The zero-order chi connectivity index (χ0) is 13.3. The van der Waals surface area contributed by atoms with Gasteiger partial charge in [0.2, 0.25) is 0 Å². The molecule has 0 atom stereocenters. The lowest BCUT2D eigenvalue weighted by Crippen LogP contribution is -2.19. The standard InChI is InChI=1S/C18H28O/c1-2-3-4-6-10-16-11-9-14-18(15-16)19-17-12-7-5-8-13-17/h9,11,14-15,17H,2-8,10,12-13H2,1H3. The Hall–Kier alpha value is -0.980. The zero-order valence-electron chi connectivity index (χ0n) is 12.4. The quantitative estimate of drug-likeness (QED) is 0.586. The number of ether oxygens (including phenoxy) is 1. The van der Waals surface area contributed by atoms with E-state index in [9.17, 15) is 0 Å². The van der Waals surface area contributed by atoms with Gasteiger partial charge in [-0.15, -0.1) is 0 Å². The van der Waals surface area contributed by atoms with Crippen LogP contribution in [-0.2, 0) is 6.42 Å². The maximum absolute atomic E-state index is 6.12. The first-order chi connectivity index (χ1) is 9.38. The molecule has 1 nitrogen and oxygen atoms in total. The molecule has 0 radical (unpaired) electrons. The predicted molar refractivity (Wildman–Crippen MR) is 81.8 cm³/mol. The van der Waals surface area contributed by atoms with Gasteiger partial charge in [0.05, 0.1) is 6.10 Å². The van der Waals surface area contributed by atoms with E-state index in [2.05, 4.69) is 31.2 Å². The third-order valence-electron chi connectivity index (χ3n) is 4.07. The molecule has 0 unspecified atom stereocenters. The molecule has 0 saturated heterocycles. The lowest BCUT2D eigenvalue weighted by atomic mass is 9.98. The molecule has 0 bridgehead atoms. The number of aryl methyl sites for hydroxylation is 1. The van der Waals surface area contributed by atoms with Gasteiger partial charge in [0.25, 0.3) is 0 Å². The van der Waals surface area contributed by atoms with Crippen LogP contribution in [0.25, 0.3) is 0 Å². The van der Waals surface area contributed by atoms with Gasteiger partial charge in [0, 0.05) is 0 Å². The Bertz CT molecular complexity index is 352. The largest absolute Gasteiger partial charge is 0.490 e. The van der Waals surface area contributed by atoms with Crippen LogP contribution < -0.4 is 4.74 Å². The highest BCUT2D eigenvalue weighted by Gasteiger charge is 2.14. The van der Waals surface area contributed by atoms with Crippen molar-refractivity contribution >= 4 is 0 Å². The fraction of sp³-hybridized carbons (Fsp3) is 0.667. The normalized spacial score (nSPS) is 16.5. The van der Waals surface area contributed by atoms with Crippen LogP contribution in [0.2, 0.25) is 0 Å². The number of rotatable bonds is 7. The first kappa shape index (κ1) is 14.4. The van der Waals surface area contributed by atoms with Crippen molar-refractivity contribution < 1.29 is 4.74 Å². The van der Waals surface area contributed by atoms with E-state index in [4.69, 9.17) is 4.74 Å². The maximum Gasteiger partial charge on any atom is 0.119 e. The third-order valence-corrected chi connectivity index (χ3v) is 4.07. The molecule has 0 N–H and O–H groups in total. The Morgan fingerprint density at radius 3 is 2.68 bits per heavy atom. The van der Waals surface area contributed by atoms with Gasteiger partial charge in [-0.1, -0.05) is 44.7 Å². The summed E-state index contributed by atoms with van der Waals surface area (Å²) in [6, 6.07) is 8.75. The van der Waals surface area contributed by atoms with Crippen molar-refractivity contribution in [3.63, 3.8) is 0 Å². The van der Waals surface area contributed by atoms with Crippen LogP contribution in [0.5, 0.6) is 5.75 Å². The van der Waals surface area contributed by atoms with E-state index in [1.165, 1.54) is 69.8 Å². The molecule has 0 heterocycles. The van der Waals surface area contributed by atoms with Crippen molar-refractivity contribution in [1.82, 2.24) is 0 Å². The summed E-state index contributed by atoms with van der Waals surface area (Å²) in [7, 11) is 0. The van der Waals surface area contributed by atoms with Gasteiger partial charge >= 0.3 is 0 Å². The van der Waals surface area contributed by atoms with Gasteiger partial charge in [-0.25, -0.2) is 0 Å². The topological polar surface area (TPSA) is 9.23 Å². The van der Waals surface area contributed by atoms with E-state index in [0.717, 1.165) is 5.75 Å². The fourth-order valence-corrected chi connectivity index (χ4v) is 2.91. The molecule has 0 spiro atoms. The van der Waals surface area contributed by atoms with Crippen LogP contribution in [0.3, 0.4) is 0 Å². The van der Waals surface area contributed by atoms with E-state index in [1.807, 2.05) is 0 Å². The number of benzene rings is 1. The van der Waals surface area contributed by atoms with Crippen molar-refractivity contribution in [3.8, 4) is 5.75 Å². The van der Waals surface area contributed by atoms with Crippen molar-refractivity contribution in [3.05, 3.63) is 29.8 Å². The first-order valence-electron chi connectivity index (χ1n) is 8.14. The number of unbranched alkanes of at least 4 members (excludes halogenated alkanes) is 3. The zero-order valence-corrected chi connectivity index (χ0v) is 12.4. The van der Waals surface area contributed by atoms with Gasteiger partial charge in [-0.2, -0.15) is 0 Å². The summed E-state index contributed by atoms with van der Waals surface area (Å²) < 4.78 is 6.12. The number of hydrogen-bond donors (Lipinski definition) is 0. The fourth-order valence-electron chi connectivity index (χ4n) is 2.91. The summed E-state index contributed by atoms with van der Waals surface area (Å²) >= 11 is 0. The van der Waals surface area contributed by atoms with Gasteiger partial charge in [0.15, 0.2) is 0 Å². The summed E-state index contributed by atoms with van der Waals surface area (Å²) in [5.41, 5.74) is 1.43. The van der Waals surface area contributed by atoms with Crippen LogP contribution in [0.4, 0.5) is 0 Å². The second-order valence-corrected chi connectivity index (χ2v) is 5.84. The van der Waals surface area contributed by atoms with Crippen LogP contribution >= 0.6 is 0 Å². The summed E-state index contributed by atoms with van der Waals surface area (Å²) in [5.74, 6) is 1.08. The summed E-state index contributed by atoms with van der Waals surface area (Å²) in [6.45, 7) is 2.26. The molecule has 0 aliphatic heterocycles. The van der Waals surface area contributed by atoms with Crippen LogP contribution in [0.1, 0.15) is 70.3 Å². The van der Waals surface area contributed by atoms with E-state index in [-0.39, 0.29) is 0 Å². The van der Waals surface area contributed by atoms with E-state index < -0.39 is 0 Å². The minimum absolute atomic E-state index is 0.462. The highest BCUT2D eigenvalue weighted by Crippen LogP contribution is 2.24. The summed E-state index contributed by atoms with van der Waals surface area (Å²) in [5, 5.41) is 0. The molecule has 1 fully saturated rings. The lowest BCUT2D eigenvalue weighted by molar-refractivity contribution is 0.155. The molecular formula is C18H28O. The molecule has 1 aromatic carbocycles. The smallest absolute Gasteiger partial charge is 0.119 e. The molecule has 1 aliphatic carbocycles. The van der Waals surface area contributed by atoms with Crippen molar-refractivity contribution in [2.45, 2.75) is 77.2 Å². The van der Waals surface area contributed by atoms with Gasteiger partial charge in [-0.3, -0.25) is 0 Å². The van der Waals surface area contributed by atoms with Crippen LogP contribution in [0.15, 0.2) is 24.3 Å². The second-order valence-electron chi connectivity index (χ2n) is 5.84. The molecule has 1 aliphatic rings. The third kappa shape index (κ3) is 5.26. The maximum atomic E-state index is 6.12. The molecule has 2 rings (SSSR count).